The number of likely N-dealkylation sites (tertiary alicyclic amines) is 1. The maximum atomic E-state index is 14.1. The first-order valence-corrected chi connectivity index (χ1v) is 15.3. The summed E-state index contributed by atoms with van der Waals surface area (Å²) in [6.07, 6.45) is 1.42. The van der Waals surface area contributed by atoms with Gasteiger partial charge in [0.05, 0.1) is 30.7 Å². The Morgan fingerprint density at radius 2 is 2.07 bits per heavy atom. The van der Waals surface area contributed by atoms with Crippen LogP contribution in [0.3, 0.4) is 0 Å². The summed E-state index contributed by atoms with van der Waals surface area (Å²) in [7, 11) is 1.87. The minimum absolute atomic E-state index is 0.0305. The number of nitrogens with zero attached hydrogens (tertiary/aromatic N) is 8. The number of nitrogen functional groups attached to an aromatic ring is 1. The van der Waals surface area contributed by atoms with Gasteiger partial charge in [0, 0.05) is 29.6 Å². The smallest absolute Gasteiger partial charge is 0.322 e. The van der Waals surface area contributed by atoms with Gasteiger partial charge in [0.1, 0.15) is 28.9 Å². The Morgan fingerprint density at radius 3 is 2.81 bits per heavy atom. The molecule has 3 aromatic heterocycles. The molecule has 6 rings (SSSR count). The average molecular weight is 614 g/mol. The first-order valence-electron chi connectivity index (χ1n) is 14.5. The van der Waals surface area contributed by atoms with Gasteiger partial charge in [-0.3, -0.25) is 4.90 Å². The Hall–Kier alpha value is -3.45. The number of thiophene rings is 1. The maximum absolute atomic E-state index is 14.1. The highest BCUT2D eigenvalue weighted by Crippen LogP contribution is 2.48. The first-order chi connectivity index (χ1) is 20.5. The van der Waals surface area contributed by atoms with Crippen LogP contribution in [-0.2, 0) is 16.6 Å². The number of hydrogen-bond donors (Lipinski definition) is 2. The van der Waals surface area contributed by atoms with Crippen LogP contribution in [0.5, 0.6) is 6.01 Å². The SMILES string of the molecule is C[C@H](Oc1nc(-c2noc([C@@]3(C)CCCc4sc(N)c(C#N)c43)n2)nc(N2CCOCC(C)(O)C2)n1)[C@@H]1C[C@@H](F)CN1C. The summed E-state index contributed by atoms with van der Waals surface area (Å²) in [5.41, 5.74) is 5.65. The van der Waals surface area contributed by atoms with Crippen LogP contribution in [0.1, 0.15) is 61.9 Å². The van der Waals surface area contributed by atoms with Gasteiger partial charge in [0.15, 0.2) is 0 Å². The van der Waals surface area contributed by atoms with Gasteiger partial charge in [-0.15, -0.1) is 11.3 Å². The summed E-state index contributed by atoms with van der Waals surface area (Å²) in [4.78, 5) is 23.3. The van der Waals surface area contributed by atoms with E-state index in [4.69, 9.17) is 24.7 Å². The number of alkyl halides is 1. The van der Waals surface area contributed by atoms with E-state index in [0.717, 1.165) is 23.3 Å². The molecule has 0 radical (unpaired) electrons. The minimum atomic E-state index is -1.13. The topological polar surface area (TPSA) is 173 Å². The average Bonchev–Trinajstić information content (AvgIpc) is 3.64. The molecule has 3 N–H and O–H groups in total. The van der Waals surface area contributed by atoms with Crippen LogP contribution >= 0.6 is 11.3 Å². The second-order valence-electron chi connectivity index (χ2n) is 12.2. The molecule has 2 saturated heterocycles. The molecule has 2 fully saturated rings. The lowest BCUT2D eigenvalue weighted by Crippen LogP contribution is -2.42. The van der Waals surface area contributed by atoms with Crippen molar-refractivity contribution < 1.29 is 23.5 Å². The van der Waals surface area contributed by atoms with Crippen molar-refractivity contribution in [2.24, 2.45) is 0 Å². The highest BCUT2D eigenvalue weighted by atomic mass is 32.1. The van der Waals surface area contributed by atoms with Crippen molar-refractivity contribution in [1.29, 1.82) is 5.26 Å². The van der Waals surface area contributed by atoms with E-state index < -0.39 is 23.3 Å². The van der Waals surface area contributed by atoms with Crippen molar-refractivity contribution in [1.82, 2.24) is 30.0 Å². The highest BCUT2D eigenvalue weighted by molar-refractivity contribution is 7.16. The molecule has 5 heterocycles. The monoisotopic (exact) mass is 613 g/mol. The fraction of sp³-hybridized carbons (Fsp3) is 0.643. The lowest BCUT2D eigenvalue weighted by molar-refractivity contribution is -0.0123. The van der Waals surface area contributed by atoms with E-state index in [1.165, 1.54) is 11.3 Å². The molecule has 1 aliphatic carbocycles. The largest absolute Gasteiger partial charge is 0.459 e. The number of aryl methyl sites for hydroxylation is 1. The van der Waals surface area contributed by atoms with Gasteiger partial charge >= 0.3 is 6.01 Å². The predicted molar refractivity (Wildman–Crippen MR) is 156 cm³/mol. The summed E-state index contributed by atoms with van der Waals surface area (Å²) in [5.74, 6) is 0.852. The van der Waals surface area contributed by atoms with Crippen LogP contribution in [0.2, 0.25) is 0 Å². The number of fused-ring (bicyclic) bond motifs is 1. The van der Waals surface area contributed by atoms with E-state index in [9.17, 15) is 14.8 Å². The third-order valence-corrected chi connectivity index (χ3v) is 9.65. The normalized spacial score (nSPS) is 28.7. The van der Waals surface area contributed by atoms with Crippen LogP contribution < -0.4 is 15.4 Å². The van der Waals surface area contributed by atoms with E-state index in [-0.39, 0.29) is 42.8 Å². The number of nitriles is 1. The molecule has 0 spiro atoms. The number of likely N-dealkylation sites (N-methyl/N-ethyl adjacent to an activating group) is 1. The summed E-state index contributed by atoms with van der Waals surface area (Å²) < 4.78 is 31.7. The van der Waals surface area contributed by atoms with E-state index in [2.05, 4.69) is 26.2 Å². The second kappa shape index (κ2) is 11.2. The molecule has 2 aliphatic heterocycles. The van der Waals surface area contributed by atoms with Crippen molar-refractivity contribution >= 4 is 22.3 Å². The third-order valence-electron chi connectivity index (χ3n) is 8.57. The molecule has 3 aliphatic rings. The molecule has 0 saturated carbocycles. The Bertz CT molecular complexity index is 1540. The van der Waals surface area contributed by atoms with E-state index in [1.54, 1.807) is 11.8 Å². The van der Waals surface area contributed by atoms with Crippen molar-refractivity contribution in [3.8, 4) is 23.7 Å². The molecular weight excluding hydrogens is 577 g/mol. The van der Waals surface area contributed by atoms with Gasteiger partial charge in [0.25, 0.3) is 0 Å². The van der Waals surface area contributed by atoms with Gasteiger partial charge in [0.2, 0.25) is 23.5 Å². The Balaban J connectivity index is 1.38. The van der Waals surface area contributed by atoms with Crippen LogP contribution in [0.15, 0.2) is 4.52 Å². The lowest BCUT2D eigenvalue weighted by Gasteiger charge is -2.30. The molecule has 5 atom stereocenters. The summed E-state index contributed by atoms with van der Waals surface area (Å²) in [5, 5.41) is 25.4. The molecule has 1 unspecified atom stereocenters. The zero-order valence-electron chi connectivity index (χ0n) is 24.7. The summed E-state index contributed by atoms with van der Waals surface area (Å²) >= 11 is 1.43. The maximum Gasteiger partial charge on any atom is 0.322 e. The van der Waals surface area contributed by atoms with Crippen LogP contribution in [0.4, 0.5) is 15.3 Å². The number of rotatable bonds is 6. The Morgan fingerprint density at radius 1 is 1.26 bits per heavy atom. The number of anilines is 2. The third kappa shape index (κ3) is 5.64. The fourth-order valence-corrected chi connectivity index (χ4v) is 7.61. The first kappa shape index (κ1) is 29.6. The zero-order valence-corrected chi connectivity index (χ0v) is 25.5. The quantitative estimate of drug-likeness (QED) is 0.416. The molecular formula is C28H36FN9O4S. The number of aliphatic hydroxyl groups is 1. The van der Waals surface area contributed by atoms with Crippen LogP contribution in [0.25, 0.3) is 11.6 Å². The van der Waals surface area contributed by atoms with Crippen LogP contribution in [-0.4, -0.2) is 98.9 Å². The lowest BCUT2D eigenvalue weighted by atomic mass is 9.72. The molecule has 230 valence electrons. The zero-order chi connectivity index (χ0) is 30.5. The van der Waals surface area contributed by atoms with E-state index in [0.29, 0.717) is 49.0 Å². The number of hydrogen-bond acceptors (Lipinski definition) is 14. The number of aromatic nitrogens is 5. The number of β-amino-alcohol motifs (C(OH)–C–C–N with tert-alkyl or cyclic N) is 1. The van der Waals surface area contributed by atoms with Gasteiger partial charge in [-0.05, 0) is 53.5 Å². The minimum Gasteiger partial charge on any atom is -0.459 e. The van der Waals surface area contributed by atoms with Crippen molar-refractivity contribution in [2.45, 2.75) is 75.8 Å². The molecule has 0 bridgehead atoms. The molecule has 0 amide bonds. The molecule has 0 aromatic carbocycles. The Kier molecular flexibility index (Phi) is 7.74. The molecule has 3 aromatic rings. The van der Waals surface area contributed by atoms with Gasteiger partial charge in [-0.1, -0.05) is 5.16 Å². The van der Waals surface area contributed by atoms with Gasteiger partial charge < -0.3 is 29.7 Å². The van der Waals surface area contributed by atoms with Crippen LogP contribution in [0, 0.1) is 11.3 Å². The summed E-state index contributed by atoms with van der Waals surface area (Å²) in [6, 6.07) is 2.13. The van der Waals surface area contributed by atoms with E-state index in [1.807, 2.05) is 25.8 Å². The molecule has 13 nitrogen and oxygen atoms in total. The second-order valence-corrected chi connectivity index (χ2v) is 13.4. The predicted octanol–water partition coefficient (Wildman–Crippen LogP) is 2.48. The summed E-state index contributed by atoms with van der Waals surface area (Å²) in [6.45, 7) is 7.06. The fourth-order valence-electron chi connectivity index (χ4n) is 6.42. The Labute approximate surface area is 252 Å². The number of nitrogens with two attached hydrogens (primary N) is 1. The van der Waals surface area contributed by atoms with Gasteiger partial charge in [-0.2, -0.15) is 25.2 Å². The number of halogens is 1. The van der Waals surface area contributed by atoms with Crippen molar-refractivity contribution in [2.75, 3.05) is 50.5 Å². The van der Waals surface area contributed by atoms with Crippen molar-refractivity contribution in [3.63, 3.8) is 0 Å². The van der Waals surface area contributed by atoms with E-state index >= 15 is 0 Å². The van der Waals surface area contributed by atoms with Gasteiger partial charge in [-0.25, -0.2) is 4.39 Å². The molecule has 15 heteroatoms. The standard InChI is InChI=1S/C28H36FN9O4S/c1-15(18-10-16(29)12-37(18)4)41-26-34-22(33-25(35-26)38-8-9-40-14-27(2,39)13-38)23-32-24(42-36-23)28(3)7-5-6-19-20(28)17(11-30)21(31)43-19/h15-16,18,39H,5-10,12-14,31H2,1-4H3/t15-,16+,18-,27?,28-/m0/s1. The molecule has 43 heavy (non-hydrogen) atoms. The van der Waals surface area contributed by atoms with Crippen molar-refractivity contribution in [3.05, 3.63) is 21.9 Å². The highest BCUT2D eigenvalue weighted by Gasteiger charge is 2.43. The number of ether oxygens (including phenoxy) is 2.